The van der Waals surface area contributed by atoms with Crippen LogP contribution in [0.4, 0.5) is 0 Å². The van der Waals surface area contributed by atoms with Crippen LogP contribution in [0.5, 0.6) is 0 Å². The molecule has 4 atom stereocenters. The Morgan fingerprint density at radius 3 is 2.53 bits per heavy atom. The van der Waals surface area contributed by atoms with Gasteiger partial charge < -0.3 is 4.90 Å². The molecule has 17 heavy (non-hydrogen) atoms. The monoisotopic (exact) mass is 236 g/mol. The Morgan fingerprint density at radius 2 is 1.94 bits per heavy atom. The van der Waals surface area contributed by atoms with E-state index in [0.717, 1.165) is 18.4 Å². The first-order valence-corrected chi connectivity index (χ1v) is 7.23. The van der Waals surface area contributed by atoms with Crippen molar-refractivity contribution in [1.29, 1.82) is 0 Å². The first-order valence-electron chi connectivity index (χ1n) is 7.23. The van der Waals surface area contributed by atoms with E-state index in [9.17, 15) is 4.79 Å². The highest BCUT2D eigenvalue weighted by Gasteiger charge is 2.44. The van der Waals surface area contributed by atoms with Crippen LogP contribution in [0, 0.1) is 17.8 Å². The van der Waals surface area contributed by atoms with Gasteiger partial charge >= 0.3 is 0 Å². The minimum atomic E-state index is 0.0367. The van der Waals surface area contributed by atoms with Gasteiger partial charge in [-0.25, -0.2) is 0 Å². The number of hydrogen-bond donors (Lipinski definition) is 1. The molecule has 3 fully saturated rings. The van der Waals surface area contributed by atoms with E-state index in [1.165, 1.54) is 32.1 Å². The molecule has 0 aromatic heterocycles. The zero-order chi connectivity index (χ0) is 12.0. The number of hydrogen-bond acceptors (Lipinski definition) is 2. The van der Waals surface area contributed by atoms with Gasteiger partial charge in [-0.15, -0.1) is 0 Å². The van der Waals surface area contributed by atoms with Crippen LogP contribution in [-0.4, -0.2) is 29.6 Å². The summed E-state index contributed by atoms with van der Waals surface area (Å²) in [6.07, 6.45) is 6.95. The van der Waals surface area contributed by atoms with Gasteiger partial charge in [-0.05, 0) is 43.9 Å². The number of carbonyl (C=O) groups excluding carboxylic acids is 1. The molecule has 2 saturated carbocycles. The van der Waals surface area contributed by atoms with E-state index in [0.29, 0.717) is 18.0 Å². The van der Waals surface area contributed by atoms with E-state index in [1.807, 2.05) is 6.92 Å². The van der Waals surface area contributed by atoms with E-state index in [1.54, 1.807) is 0 Å². The molecular formula is C14H24N2O. The molecule has 1 N–H and O–H groups in total. The average Bonchev–Trinajstić information content (AvgIpc) is 2.74. The Bertz CT molecular complexity index is 311. The minimum absolute atomic E-state index is 0.0367. The van der Waals surface area contributed by atoms with Crippen LogP contribution in [0.15, 0.2) is 0 Å². The summed E-state index contributed by atoms with van der Waals surface area (Å²) in [6, 6.07) is 0.0367. The van der Waals surface area contributed by atoms with Gasteiger partial charge in [0.25, 0.3) is 0 Å². The van der Waals surface area contributed by atoms with Gasteiger partial charge in [0.1, 0.15) is 0 Å². The van der Waals surface area contributed by atoms with Crippen LogP contribution in [0.1, 0.15) is 46.0 Å². The maximum Gasteiger partial charge on any atom is 0.240 e. The molecule has 96 valence electrons. The third-order valence-electron chi connectivity index (χ3n) is 4.96. The summed E-state index contributed by atoms with van der Waals surface area (Å²) in [7, 11) is 0. The molecule has 4 unspecified atom stereocenters. The minimum Gasteiger partial charge on any atom is -0.325 e. The summed E-state index contributed by atoms with van der Waals surface area (Å²) in [5, 5.41) is 3.52. The van der Waals surface area contributed by atoms with E-state index in [4.69, 9.17) is 0 Å². The number of amides is 1. The third kappa shape index (κ3) is 2.10. The topological polar surface area (TPSA) is 32.3 Å². The highest BCUT2D eigenvalue weighted by molar-refractivity contribution is 5.84. The lowest BCUT2D eigenvalue weighted by Gasteiger charge is -2.29. The maximum atomic E-state index is 12.2. The van der Waals surface area contributed by atoms with Crippen molar-refractivity contribution >= 4 is 5.91 Å². The van der Waals surface area contributed by atoms with E-state index < -0.39 is 0 Å². The molecule has 1 aliphatic heterocycles. The fraction of sp³-hybridized carbons (Fsp3) is 0.929. The first kappa shape index (κ1) is 11.5. The van der Waals surface area contributed by atoms with Crippen molar-refractivity contribution in [2.45, 2.75) is 58.2 Å². The normalized spacial score (nSPS) is 42.5. The van der Waals surface area contributed by atoms with Crippen LogP contribution in [-0.2, 0) is 4.79 Å². The Balaban J connectivity index is 1.69. The summed E-state index contributed by atoms with van der Waals surface area (Å²) >= 11 is 0. The van der Waals surface area contributed by atoms with Crippen molar-refractivity contribution in [2.24, 2.45) is 17.8 Å². The van der Waals surface area contributed by atoms with Crippen molar-refractivity contribution in [1.82, 2.24) is 10.2 Å². The Hall–Kier alpha value is -0.570. The smallest absolute Gasteiger partial charge is 0.240 e. The van der Waals surface area contributed by atoms with Crippen LogP contribution < -0.4 is 5.32 Å². The van der Waals surface area contributed by atoms with Crippen molar-refractivity contribution in [2.75, 3.05) is 6.54 Å². The Morgan fingerprint density at radius 1 is 1.29 bits per heavy atom. The summed E-state index contributed by atoms with van der Waals surface area (Å²) < 4.78 is 0. The molecule has 2 aliphatic carbocycles. The second-order valence-corrected chi connectivity index (χ2v) is 6.34. The van der Waals surface area contributed by atoms with Gasteiger partial charge in [-0.2, -0.15) is 0 Å². The number of rotatable bonds is 3. The second-order valence-electron chi connectivity index (χ2n) is 6.34. The van der Waals surface area contributed by atoms with Crippen LogP contribution in [0.3, 0.4) is 0 Å². The van der Waals surface area contributed by atoms with Crippen molar-refractivity contribution < 1.29 is 4.79 Å². The largest absolute Gasteiger partial charge is 0.325 e. The zero-order valence-corrected chi connectivity index (χ0v) is 11.0. The summed E-state index contributed by atoms with van der Waals surface area (Å²) in [6.45, 7) is 5.31. The van der Waals surface area contributed by atoms with Gasteiger partial charge in [0.2, 0.25) is 5.91 Å². The van der Waals surface area contributed by atoms with Crippen molar-refractivity contribution in [3.8, 4) is 0 Å². The summed E-state index contributed by atoms with van der Waals surface area (Å²) in [5.74, 6) is 2.65. The van der Waals surface area contributed by atoms with Crippen LogP contribution >= 0.6 is 0 Å². The molecule has 0 aromatic carbocycles. The van der Waals surface area contributed by atoms with Gasteiger partial charge in [0, 0.05) is 6.54 Å². The molecule has 0 radical (unpaired) electrons. The first-order chi connectivity index (χ1) is 8.16. The molecule has 3 aliphatic rings. The fourth-order valence-electron chi connectivity index (χ4n) is 3.58. The highest BCUT2D eigenvalue weighted by atomic mass is 16.2. The molecule has 0 spiro atoms. The lowest BCUT2D eigenvalue weighted by molar-refractivity contribution is -0.130. The molecule has 1 amide bonds. The molecule has 0 aromatic rings. The van der Waals surface area contributed by atoms with Crippen LogP contribution in [0.25, 0.3) is 0 Å². The second kappa shape index (κ2) is 4.27. The fourth-order valence-corrected chi connectivity index (χ4v) is 3.58. The van der Waals surface area contributed by atoms with E-state index in [2.05, 4.69) is 17.1 Å². The van der Waals surface area contributed by atoms with Gasteiger partial charge in [0.05, 0.1) is 12.2 Å². The number of nitrogens with one attached hydrogen (secondary N) is 1. The quantitative estimate of drug-likeness (QED) is 0.812. The molecule has 1 saturated heterocycles. The molecule has 0 bridgehead atoms. The van der Waals surface area contributed by atoms with Gasteiger partial charge in [-0.3, -0.25) is 10.1 Å². The maximum absolute atomic E-state index is 12.2. The van der Waals surface area contributed by atoms with Crippen molar-refractivity contribution in [3.63, 3.8) is 0 Å². The Kier molecular flexibility index (Phi) is 2.89. The molecule has 3 heteroatoms. The van der Waals surface area contributed by atoms with Gasteiger partial charge in [0.15, 0.2) is 0 Å². The molecular weight excluding hydrogens is 212 g/mol. The predicted octanol–water partition coefficient (Wildman–Crippen LogP) is 1.98. The zero-order valence-electron chi connectivity index (χ0n) is 11.0. The van der Waals surface area contributed by atoms with Gasteiger partial charge in [-0.1, -0.05) is 19.8 Å². The van der Waals surface area contributed by atoms with E-state index in [-0.39, 0.29) is 6.04 Å². The van der Waals surface area contributed by atoms with Crippen molar-refractivity contribution in [3.05, 3.63) is 0 Å². The highest BCUT2D eigenvalue weighted by Crippen LogP contribution is 2.40. The lowest BCUT2D eigenvalue weighted by atomic mass is 10.0. The summed E-state index contributed by atoms with van der Waals surface area (Å²) in [5.41, 5.74) is 0. The SMILES string of the molecule is CC1NC(C2CCCC2)N(CC2CC2C)C1=O. The summed E-state index contributed by atoms with van der Waals surface area (Å²) in [4.78, 5) is 14.4. The number of carbonyl (C=O) groups is 1. The molecule has 1 heterocycles. The molecule has 3 nitrogen and oxygen atoms in total. The standard InChI is InChI=1S/C14H24N2O/c1-9-7-12(9)8-16-13(11-5-3-4-6-11)15-10(2)14(16)17/h9-13,15H,3-8H2,1-2H3. The number of nitrogens with zero attached hydrogens (tertiary/aromatic N) is 1. The lowest BCUT2D eigenvalue weighted by Crippen LogP contribution is -2.43. The Labute approximate surface area is 104 Å². The third-order valence-corrected chi connectivity index (χ3v) is 4.96. The predicted molar refractivity (Wildman–Crippen MR) is 67.3 cm³/mol. The molecule has 3 rings (SSSR count). The average molecular weight is 236 g/mol. The van der Waals surface area contributed by atoms with Crippen LogP contribution in [0.2, 0.25) is 0 Å². The van der Waals surface area contributed by atoms with E-state index >= 15 is 0 Å².